The Labute approximate surface area is 80.5 Å². The molecule has 1 rings (SSSR count). The van der Waals surface area contributed by atoms with Gasteiger partial charge in [0.15, 0.2) is 0 Å². The fourth-order valence-corrected chi connectivity index (χ4v) is 1.32. The van der Waals surface area contributed by atoms with E-state index in [-0.39, 0.29) is 0 Å². The second-order valence-electron chi connectivity index (χ2n) is 3.17. The predicted molar refractivity (Wildman–Crippen MR) is 55.0 cm³/mol. The third-order valence-corrected chi connectivity index (χ3v) is 2.16. The maximum atomic E-state index is 5.30. The predicted octanol–water partition coefficient (Wildman–Crippen LogP) is 2.90. The molecule has 0 amide bonds. The molecule has 0 N–H and O–H groups in total. The molecule has 0 aromatic carbocycles. The molecule has 1 heteroatoms. The maximum absolute atomic E-state index is 5.30. The zero-order chi connectivity index (χ0) is 9.68. The van der Waals surface area contributed by atoms with Gasteiger partial charge in [0.2, 0.25) is 0 Å². The standard InChI is InChI=1S/C12H16O/c1-4-11-7-5-6-10(2)8-9-12(11)13-3/h8-10H,4,7H2,1-3H3/b9-8-,12-11+. The van der Waals surface area contributed by atoms with E-state index in [9.17, 15) is 0 Å². The highest BCUT2D eigenvalue weighted by Crippen LogP contribution is 2.17. The molecule has 1 unspecified atom stereocenters. The first-order chi connectivity index (χ1) is 6.27. The number of allylic oxidation sites excluding steroid dienone is 3. The van der Waals surface area contributed by atoms with Gasteiger partial charge in [-0.3, -0.25) is 0 Å². The SMILES string of the molecule is CC/C1=C(OC)/C=C\C(C)C#CC1. The van der Waals surface area contributed by atoms with Crippen molar-refractivity contribution in [2.24, 2.45) is 5.92 Å². The molecule has 1 aliphatic rings. The monoisotopic (exact) mass is 176 g/mol. The Balaban J connectivity index is 2.94. The molecule has 1 nitrogen and oxygen atoms in total. The molecule has 0 saturated carbocycles. The minimum atomic E-state index is 0.337. The van der Waals surface area contributed by atoms with Gasteiger partial charge in [0.05, 0.1) is 7.11 Å². The van der Waals surface area contributed by atoms with Gasteiger partial charge >= 0.3 is 0 Å². The first kappa shape index (κ1) is 9.92. The van der Waals surface area contributed by atoms with Crippen molar-refractivity contribution >= 4 is 0 Å². The number of ether oxygens (including phenoxy) is 1. The van der Waals surface area contributed by atoms with Crippen LogP contribution >= 0.6 is 0 Å². The minimum absolute atomic E-state index is 0.337. The van der Waals surface area contributed by atoms with Gasteiger partial charge < -0.3 is 4.74 Å². The molecule has 0 saturated heterocycles. The van der Waals surface area contributed by atoms with Crippen LogP contribution in [-0.4, -0.2) is 7.11 Å². The van der Waals surface area contributed by atoms with E-state index < -0.39 is 0 Å². The second-order valence-corrected chi connectivity index (χ2v) is 3.17. The summed E-state index contributed by atoms with van der Waals surface area (Å²) in [6, 6.07) is 0. The zero-order valence-electron chi connectivity index (χ0n) is 8.55. The highest BCUT2D eigenvalue weighted by Gasteiger charge is 2.03. The summed E-state index contributed by atoms with van der Waals surface area (Å²) < 4.78 is 5.30. The van der Waals surface area contributed by atoms with Crippen LogP contribution in [-0.2, 0) is 4.74 Å². The van der Waals surface area contributed by atoms with E-state index >= 15 is 0 Å². The van der Waals surface area contributed by atoms with Crippen LogP contribution in [0, 0.1) is 17.8 Å². The van der Waals surface area contributed by atoms with Crippen LogP contribution in [0.3, 0.4) is 0 Å². The van der Waals surface area contributed by atoms with Gasteiger partial charge in [-0.2, -0.15) is 0 Å². The van der Waals surface area contributed by atoms with Crippen molar-refractivity contribution in [3.63, 3.8) is 0 Å². The van der Waals surface area contributed by atoms with E-state index in [0.717, 1.165) is 18.6 Å². The third-order valence-electron chi connectivity index (χ3n) is 2.16. The Morgan fingerprint density at radius 2 is 2.38 bits per heavy atom. The summed E-state index contributed by atoms with van der Waals surface area (Å²) in [6.45, 7) is 4.22. The largest absolute Gasteiger partial charge is 0.497 e. The number of hydrogen-bond acceptors (Lipinski definition) is 1. The normalized spacial score (nSPS) is 29.6. The molecule has 0 aliphatic heterocycles. The number of hydrogen-bond donors (Lipinski definition) is 0. The lowest BCUT2D eigenvalue weighted by molar-refractivity contribution is 0.300. The van der Waals surface area contributed by atoms with Crippen molar-refractivity contribution in [3.8, 4) is 11.8 Å². The molecular formula is C12H16O. The van der Waals surface area contributed by atoms with Crippen molar-refractivity contribution in [2.75, 3.05) is 7.11 Å². The Bertz CT molecular complexity index is 286. The average Bonchev–Trinajstić information content (AvgIpc) is 2.12. The summed E-state index contributed by atoms with van der Waals surface area (Å²) in [6.07, 6.45) is 5.98. The van der Waals surface area contributed by atoms with Gasteiger partial charge in [0.1, 0.15) is 5.76 Å². The first-order valence-electron chi connectivity index (χ1n) is 4.70. The van der Waals surface area contributed by atoms with Crippen LogP contribution in [0.2, 0.25) is 0 Å². The molecule has 0 aromatic heterocycles. The van der Waals surface area contributed by atoms with Crippen LogP contribution in [0.25, 0.3) is 0 Å². The highest BCUT2D eigenvalue weighted by atomic mass is 16.5. The molecule has 0 heterocycles. The van der Waals surface area contributed by atoms with Crippen molar-refractivity contribution in [2.45, 2.75) is 26.7 Å². The van der Waals surface area contributed by atoms with Crippen LogP contribution < -0.4 is 0 Å². The fraction of sp³-hybridized carbons (Fsp3) is 0.500. The quantitative estimate of drug-likeness (QED) is 0.588. The number of methoxy groups -OCH3 is 1. The summed E-state index contributed by atoms with van der Waals surface area (Å²) in [5.41, 5.74) is 1.29. The average molecular weight is 176 g/mol. The van der Waals surface area contributed by atoms with Crippen molar-refractivity contribution < 1.29 is 4.74 Å². The second kappa shape index (κ2) is 4.77. The van der Waals surface area contributed by atoms with Crippen molar-refractivity contribution in [1.29, 1.82) is 0 Å². The van der Waals surface area contributed by atoms with Crippen LogP contribution in [0.15, 0.2) is 23.5 Å². The van der Waals surface area contributed by atoms with Crippen molar-refractivity contribution in [3.05, 3.63) is 23.5 Å². The Morgan fingerprint density at radius 1 is 1.62 bits per heavy atom. The fourth-order valence-electron chi connectivity index (χ4n) is 1.32. The molecule has 70 valence electrons. The lowest BCUT2D eigenvalue weighted by Crippen LogP contribution is -1.95. The Hall–Kier alpha value is -1.16. The molecule has 0 aromatic rings. The van der Waals surface area contributed by atoms with E-state index in [0.29, 0.717) is 5.92 Å². The summed E-state index contributed by atoms with van der Waals surface area (Å²) in [5.74, 6) is 7.66. The van der Waals surface area contributed by atoms with E-state index in [1.165, 1.54) is 5.57 Å². The molecule has 0 radical (unpaired) electrons. The van der Waals surface area contributed by atoms with Gasteiger partial charge in [0.25, 0.3) is 0 Å². The Kier molecular flexibility index (Phi) is 3.64. The summed E-state index contributed by atoms with van der Waals surface area (Å²) in [7, 11) is 1.72. The molecule has 1 atom stereocenters. The van der Waals surface area contributed by atoms with Gasteiger partial charge in [0, 0.05) is 12.3 Å². The van der Waals surface area contributed by atoms with Gasteiger partial charge in [-0.25, -0.2) is 0 Å². The van der Waals surface area contributed by atoms with Gasteiger partial charge in [-0.15, -0.1) is 0 Å². The molecular weight excluding hydrogens is 160 g/mol. The topological polar surface area (TPSA) is 9.23 Å². The molecule has 0 spiro atoms. The summed E-state index contributed by atoms with van der Waals surface area (Å²) in [4.78, 5) is 0. The highest BCUT2D eigenvalue weighted by molar-refractivity contribution is 5.29. The Morgan fingerprint density at radius 3 is 3.00 bits per heavy atom. The zero-order valence-corrected chi connectivity index (χ0v) is 8.55. The van der Waals surface area contributed by atoms with E-state index in [4.69, 9.17) is 4.74 Å². The minimum Gasteiger partial charge on any atom is -0.497 e. The van der Waals surface area contributed by atoms with E-state index in [1.807, 2.05) is 6.08 Å². The van der Waals surface area contributed by atoms with Crippen LogP contribution in [0.4, 0.5) is 0 Å². The van der Waals surface area contributed by atoms with Gasteiger partial charge in [-0.05, 0) is 25.0 Å². The number of rotatable bonds is 2. The lowest BCUT2D eigenvalue weighted by Gasteiger charge is -2.09. The van der Waals surface area contributed by atoms with Crippen LogP contribution in [0.1, 0.15) is 26.7 Å². The summed E-state index contributed by atoms with van der Waals surface area (Å²) in [5, 5.41) is 0. The smallest absolute Gasteiger partial charge is 0.118 e. The maximum Gasteiger partial charge on any atom is 0.118 e. The molecule has 0 bridgehead atoms. The lowest BCUT2D eigenvalue weighted by atomic mass is 10.0. The van der Waals surface area contributed by atoms with Crippen molar-refractivity contribution in [1.82, 2.24) is 0 Å². The summed E-state index contributed by atoms with van der Waals surface area (Å²) >= 11 is 0. The van der Waals surface area contributed by atoms with E-state index in [1.54, 1.807) is 7.11 Å². The molecule has 0 fully saturated rings. The third kappa shape index (κ3) is 2.66. The first-order valence-corrected chi connectivity index (χ1v) is 4.70. The molecule has 1 aliphatic carbocycles. The van der Waals surface area contributed by atoms with Crippen LogP contribution in [0.5, 0.6) is 0 Å². The van der Waals surface area contributed by atoms with Gasteiger partial charge in [-0.1, -0.05) is 24.8 Å². The molecule has 13 heavy (non-hydrogen) atoms. The van der Waals surface area contributed by atoms with E-state index in [2.05, 4.69) is 31.8 Å².